The Bertz CT molecular complexity index is 320. The number of hydrogen-bond acceptors (Lipinski definition) is 1. The third kappa shape index (κ3) is 3.22. The topological polar surface area (TPSA) is 12.0 Å². The Kier molecular flexibility index (Phi) is 3.66. The average Bonchev–Trinajstić information content (AvgIpc) is 3.02. The molecule has 0 unspecified atom stereocenters. The highest BCUT2D eigenvalue weighted by molar-refractivity contribution is 6.31. The van der Waals surface area contributed by atoms with Crippen LogP contribution in [0.15, 0.2) is 24.3 Å². The van der Waals surface area contributed by atoms with E-state index in [1.165, 1.54) is 24.8 Å². The van der Waals surface area contributed by atoms with Crippen molar-refractivity contribution in [2.75, 3.05) is 6.54 Å². The first-order chi connectivity index (χ1) is 7.27. The summed E-state index contributed by atoms with van der Waals surface area (Å²) in [6.07, 6.45) is 4.18. The van der Waals surface area contributed by atoms with E-state index in [9.17, 15) is 0 Å². The van der Waals surface area contributed by atoms with E-state index in [2.05, 4.69) is 18.3 Å². The van der Waals surface area contributed by atoms with Crippen LogP contribution in [0.2, 0.25) is 5.02 Å². The molecule has 1 aromatic carbocycles. The van der Waals surface area contributed by atoms with Crippen LogP contribution in [-0.2, 0) is 0 Å². The molecule has 2 rings (SSSR count). The second-order valence-electron chi connectivity index (χ2n) is 4.43. The second kappa shape index (κ2) is 5.00. The van der Waals surface area contributed by atoms with E-state index in [1.807, 2.05) is 18.2 Å². The van der Waals surface area contributed by atoms with Crippen molar-refractivity contribution in [3.8, 4) is 0 Å². The Morgan fingerprint density at radius 2 is 2.13 bits per heavy atom. The van der Waals surface area contributed by atoms with E-state index in [1.54, 1.807) is 0 Å². The van der Waals surface area contributed by atoms with Gasteiger partial charge in [0.25, 0.3) is 0 Å². The molecule has 1 saturated carbocycles. The summed E-state index contributed by atoms with van der Waals surface area (Å²) in [6, 6.07) is 8.42. The number of rotatable bonds is 5. The Morgan fingerprint density at radius 1 is 1.40 bits per heavy atom. The van der Waals surface area contributed by atoms with Crippen LogP contribution < -0.4 is 5.32 Å². The van der Waals surface area contributed by atoms with Crippen molar-refractivity contribution in [3.63, 3.8) is 0 Å². The minimum Gasteiger partial charge on any atom is -0.310 e. The lowest BCUT2D eigenvalue weighted by Gasteiger charge is -2.15. The zero-order valence-electron chi connectivity index (χ0n) is 9.17. The molecule has 0 spiro atoms. The molecule has 1 aromatic rings. The lowest BCUT2D eigenvalue weighted by atomic mass is 10.1. The highest BCUT2D eigenvalue weighted by Crippen LogP contribution is 2.32. The van der Waals surface area contributed by atoms with Gasteiger partial charge in [-0.25, -0.2) is 0 Å². The van der Waals surface area contributed by atoms with Gasteiger partial charge >= 0.3 is 0 Å². The molecule has 0 aromatic heterocycles. The highest BCUT2D eigenvalue weighted by atomic mass is 35.5. The zero-order valence-corrected chi connectivity index (χ0v) is 9.93. The Labute approximate surface area is 96.8 Å². The summed E-state index contributed by atoms with van der Waals surface area (Å²) in [5.74, 6) is 0.996. The molecule has 1 atom stereocenters. The molecular weight excluding hydrogens is 206 g/mol. The molecular formula is C13H18ClN. The van der Waals surface area contributed by atoms with Gasteiger partial charge in [0.15, 0.2) is 0 Å². The summed E-state index contributed by atoms with van der Waals surface area (Å²) in [5, 5.41) is 4.39. The molecule has 1 aliphatic carbocycles. The van der Waals surface area contributed by atoms with Gasteiger partial charge in [0.2, 0.25) is 0 Å². The largest absolute Gasteiger partial charge is 0.310 e. The zero-order chi connectivity index (χ0) is 10.7. The molecule has 0 amide bonds. The van der Waals surface area contributed by atoms with Gasteiger partial charge in [0.1, 0.15) is 0 Å². The standard InChI is InChI=1S/C13H18ClN/c1-10(15-9-8-11-6-7-11)12-4-2-3-5-13(12)14/h2-5,10-11,15H,6-9H2,1H3/t10-/m0/s1. The first kappa shape index (κ1) is 11.0. The molecule has 0 saturated heterocycles. The van der Waals surface area contributed by atoms with Crippen LogP contribution in [-0.4, -0.2) is 6.54 Å². The van der Waals surface area contributed by atoms with Gasteiger partial charge in [-0.15, -0.1) is 0 Å². The fourth-order valence-electron chi connectivity index (χ4n) is 1.85. The van der Waals surface area contributed by atoms with Crippen LogP contribution in [0.5, 0.6) is 0 Å². The van der Waals surface area contributed by atoms with Crippen molar-refractivity contribution in [2.45, 2.75) is 32.2 Å². The van der Waals surface area contributed by atoms with Gasteiger partial charge in [0.05, 0.1) is 0 Å². The van der Waals surface area contributed by atoms with Crippen molar-refractivity contribution < 1.29 is 0 Å². The lowest BCUT2D eigenvalue weighted by molar-refractivity contribution is 0.540. The smallest absolute Gasteiger partial charge is 0.0453 e. The van der Waals surface area contributed by atoms with Crippen molar-refractivity contribution >= 4 is 11.6 Å². The maximum Gasteiger partial charge on any atom is 0.0453 e. The predicted octanol–water partition coefficient (Wildman–Crippen LogP) is 3.79. The van der Waals surface area contributed by atoms with E-state index < -0.39 is 0 Å². The summed E-state index contributed by atoms with van der Waals surface area (Å²) in [4.78, 5) is 0. The molecule has 0 radical (unpaired) electrons. The average molecular weight is 224 g/mol. The maximum absolute atomic E-state index is 6.13. The maximum atomic E-state index is 6.13. The molecule has 0 heterocycles. The van der Waals surface area contributed by atoms with Crippen LogP contribution in [0, 0.1) is 5.92 Å². The highest BCUT2D eigenvalue weighted by Gasteiger charge is 2.20. The van der Waals surface area contributed by atoms with E-state index in [0.717, 1.165) is 17.5 Å². The monoisotopic (exact) mass is 223 g/mol. The van der Waals surface area contributed by atoms with E-state index in [4.69, 9.17) is 11.6 Å². The van der Waals surface area contributed by atoms with Crippen molar-refractivity contribution in [1.82, 2.24) is 5.32 Å². The van der Waals surface area contributed by atoms with Gasteiger partial charge in [0, 0.05) is 11.1 Å². The molecule has 1 fully saturated rings. The molecule has 2 heteroatoms. The van der Waals surface area contributed by atoms with E-state index >= 15 is 0 Å². The number of hydrogen-bond donors (Lipinski definition) is 1. The molecule has 1 nitrogen and oxygen atoms in total. The lowest BCUT2D eigenvalue weighted by Crippen LogP contribution is -2.20. The minimum atomic E-state index is 0.359. The Hall–Kier alpha value is -0.530. The molecule has 0 aliphatic heterocycles. The first-order valence-corrected chi connectivity index (χ1v) is 6.13. The van der Waals surface area contributed by atoms with Crippen LogP contribution in [0.4, 0.5) is 0 Å². The molecule has 0 bridgehead atoms. The van der Waals surface area contributed by atoms with Crippen molar-refractivity contribution in [1.29, 1.82) is 0 Å². The Morgan fingerprint density at radius 3 is 2.80 bits per heavy atom. The van der Waals surface area contributed by atoms with Gasteiger partial charge in [-0.3, -0.25) is 0 Å². The third-order valence-electron chi connectivity index (χ3n) is 3.07. The fraction of sp³-hybridized carbons (Fsp3) is 0.538. The summed E-state index contributed by atoms with van der Waals surface area (Å²) < 4.78 is 0. The fourth-order valence-corrected chi connectivity index (χ4v) is 2.15. The van der Waals surface area contributed by atoms with E-state index in [0.29, 0.717) is 6.04 Å². The van der Waals surface area contributed by atoms with Crippen molar-refractivity contribution in [2.24, 2.45) is 5.92 Å². The molecule has 1 aliphatic rings. The SMILES string of the molecule is C[C@H](NCCC1CC1)c1ccccc1Cl. The summed E-state index contributed by atoms with van der Waals surface area (Å²) in [7, 11) is 0. The minimum absolute atomic E-state index is 0.359. The number of benzene rings is 1. The summed E-state index contributed by atoms with van der Waals surface area (Å²) in [5.41, 5.74) is 1.20. The van der Waals surface area contributed by atoms with Gasteiger partial charge in [-0.1, -0.05) is 42.6 Å². The van der Waals surface area contributed by atoms with Crippen LogP contribution in [0.25, 0.3) is 0 Å². The Balaban J connectivity index is 1.83. The van der Waals surface area contributed by atoms with Crippen LogP contribution in [0.1, 0.15) is 37.8 Å². The number of halogens is 1. The second-order valence-corrected chi connectivity index (χ2v) is 4.84. The summed E-state index contributed by atoms with van der Waals surface area (Å²) in [6.45, 7) is 3.28. The van der Waals surface area contributed by atoms with Crippen LogP contribution in [0.3, 0.4) is 0 Å². The molecule has 15 heavy (non-hydrogen) atoms. The molecule has 82 valence electrons. The van der Waals surface area contributed by atoms with E-state index in [-0.39, 0.29) is 0 Å². The first-order valence-electron chi connectivity index (χ1n) is 5.75. The summed E-state index contributed by atoms with van der Waals surface area (Å²) >= 11 is 6.13. The predicted molar refractivity (Wildman–Crippen MR) is 65.2 cm³/mol. The quantitative estimate of drug-likeness (QED) is 0.801. The van der Waals surface area contributed by atoms with Gasteiger partial charge in [-0.05, 0) is 37.4 Å². The normalized spacial score (nSPS) is 17.7. The van der Waals surface area contributed by atoms with Crippen molar-refractivity contribution in [3.05, 3.63) is 34.9 Å². The van der Waals surface area contributed by atoms with Gasteiger partial charge < -0.3 is 5.32 Å². The van der Waals surface area contributed by atoms with Gasteiger partial charge in [-0.2, -0.15) is 0 Å². The van der Waals surface area contributed by atoms with Crippen LogP contribution >= 0.6 is 11.6 Å². The molecule has 1 N–H and O–H groups in total. The third-order valence-corrected chi connectivity index (χ3v) is 3.42. The number of nitrogens with one attached hydrogen (secondary N) is 1.